The number of nitrogens with zero attached hydrogens (tertiary/aromatic N) is 4. The molecule has 0 saturated carbocycles. The van der Waals surface area contributed by atoms with Crippen LogP contribution in [0.5, 0.6) is 0 Å². The summed E-state index contributed by atoms with van der Waals surface area (Å²) in [6.45, 7) is 4.58. The van der Waals surface area contributed by atoms with Gasteiger partial charge < -0.3 is 9.80 Å². The molecule has 0 bridgehead atoms. The van der Waals surface area contributed by atoms with Gasteiger partial charge in [0.1, 0.15) is 5.82 Å². The van der Waals surface area contributed by atoms with Gasteiger partial charge in [-0.1, -0.05) is 11.6 Å². The first-order valence-corrected chi connectivity index (χ1v) is 7.97. The first-order valence-electron chi connectivity index (χ1n) is 7.59. The van der Waals surface area contributed by atoms with Crippen molar-refractivity contribution >= 4 is 34.2 Å². The normalized spacial score (nSPS) is 15.3. The van der Waals surface area contributed by atoms with E-state index in [0.29, 0.717) is 17.1 Å². The van der Waals surface area contributed by atoms with Crippen molar-refractivity contribution in [3.8, 4) is 6.07 Å². The van der Waals surface area contributed by atoms with E-state index in [1.54, 1.807) is 19.1 Å². The Morgan fingerprint density at radius 1 is 1.26 bits per heavy atom. The van der Waals surface area contributed by atoms with Crippen molar-refractivity contribution in [3.05, 3.63) is 34.9 Å². The molecule has 0 unspecified atom stereocenters. The number of hydrogen-bond acceptors (Lipinski definition) is 4. The first-order chi connectivity index (χ1) is 11.1. The van der Waals surface area contributed by atoms with Crippen LogP contribution < -0.4 is 4.90 Å². The maximum absolute atomic E-state index is 11.5. The SMILES string of the molecule is CC(=O)N1CCCN(c2cc(C#N)c3cc(Cl)ccc3n2)CC1. The molecule has 1 amide bonds. The Labute approximate surface area is 140 Å². The van der Waals surface area contributed by atoms with Crippen molar-refractivity contribution < 1.29 is 4.79 Å². The van der Waals surface area contributed by atoms with Crippen LogP contribution in [0.25, 0.3) is 10.9 Å². The average molecular weight is 329 g/mol. The van der Waals surface area contributed by atoms with E-state index in [9.17, 15) is 10.1 Å². The predicted octanol–water partition coefficient (Wildman–Crippen LogP) is 2.82. The van der Waals surface area contributed by atoms with Crippen LogP contribution in [0.15, 0.2) is 24.3 Å². The second kappa shape index (κ2) is 6.43. The number of fused-ring (bicyclic) bond motifs is 1. The maximum Gasteiger partial charge on any atom is 0.219 e. The molecule has 1 aliphatic heterocycles. The summed E-state index contributed by atoms with van der Waals surface area (Å²) in [4.78, 5) is 20.2. The van der Waals surface area contributed by atoms with E-state index in [0.717, 1.165) is 42.8 Å². The highest BCUT2D eigenvalue weighted by Gasteiger charge is 2.18. The second-order valence-corrected chi connectivity index (χ2v) is 6.08. The van der Waals surface area contributed by atoms with Crippen LogP contribution in [0.2, 0.25) is 5.02 Å². The highest BCUT2D eigenvalue weighted by molar-refractivity contribution is 6.31. The third kappa shape index (κ3) is 3.22. The largest absolute Gasteiger partial charge is 0.355 e. The van der Waals surface area contributed by atoms with Crippen molar-refractivity contribution in [2.24, 2.45) is 0 Å². The smallest absolute Gasteiger partial charge is 0.219 e. The van der Waals surface area contributed by atoms with Crippen molar-refractivity contribution in [1.82, 2.24) is 9.88 Å². The lowest BCUT2D eigenvalue weighted by Crippen LogP contribution is -2.33. The van der Waals surface area contributed by atoms with E-state index in [-0.39, 0.29) is 5.91 Å². The lowest BCUT2D eigenvalue weighted by Gasteiger charge is -2.23. The highest BCUT2D eigenvalue weighted by Crippen LogP contribution is 2.26. The summed E-state index contributed by atoms with van der Waals surface area (Å²) in [5.41, 5.74) is 1.33. The highest BCUT2D eigenvalue weighted by atomic mass is 35.5. The second-order valence-electron chi connectivity index (χ2n) is 5.65. The molecule has 1 fully saturated rings. The molecule has 23 heavy (non-hydrogen) atoms. The van der Waals surface area contributed by atoms with Gasteiger partial charge in [0.05, 0.1) is 17.1 Å². The van der Waals surface area contributed by atoms with Crippen LogP contribution in [-0.4, -0.2) is 42.0 Å². The lowest BCUT2D eigenvalue weighted by molar-refractivity contribution is -0.128. The molecular formula is C17H17ClN4O. The molecule has 1 aromatic carbocycles. The van der Waals surface area contributed by atoms with E-state index in [4.69, 9.17) is 11.6 Å². The Hall–Kier alpha value is -2.32. The van der Waals surface area contributed by atoms with Crippen molar-refractivity contribution in [1.29, 1.82) is 5.26 Å². The Morgan fingerprint density at radius 3 is 2.83 bits per heavy atom. The topological polar surface area (TPSA) is 60.2 Å². The third-order valence-electron chi connectivity index (χ3n) is 4.14. The van der Waals surface area contributed by atoms with E-state index in [1.807, 2.05) is 17.0 Å². The number of aromatic nitrogens is 1. The van der Waals surface area contributed by atoms with Gasteiger partial charge in [-0.05, 0) is 30.7 Å². The molecule has 118 valence electrons. The molecule has 0 radical (unpaired) electrons. The number of amides is 1. The van der Waals surface area contributed by atoms with E-state index in [1.165, 1.54) is 0 Å². The van der Waals surface area contributed by atoms with Gasteiger partial charge in [-0.3, -0.25) is 4.79 Å². The van der Waals surface area contributed by atoms with Gasteiger partial charge in [-0.15, -0.1) is 0 Å². The zero-order valence-electron chi connectivity index (χ0n) is 12.9. The first kappa shape index (κ1) is 15.6. The quantitative estimate of drug-likeness (QED) is 0.807. The molecule has 6 heteroatoms. The number of carbonyl (C=O) groups is 1. The fourth-order valence-corrected chi connectivity index (χ4v) is 3.07. The number of nitriles is 1. The summed E-state index contributed by atoms with van der Waals surface area (Å²) in [7, 11) is 0. The number of pyridine rings is 1. The van der Waals surface area contributed by atoms with E-state index < -0.39 is 0 Å². The number of anilines is 1. The summed E-state index contributed by atoms with van der Waals surface area (Å²) in [6, 6.07) is 9.42. The number of hydrogen-bond donors (Lipinski definition) is 0. The summed E-state index contributed by atoms with van der Waals surface area (Å²) in [6.07, 6.45) is 0.891. The lowest BCUT2D eigenvalue weighted by atomic mass is 10.1. The number of carbonyl (C=O) groups excluding carboxylic acids is 1. The molecule has 0 spiro atoms. The molecule has 2 aromatic rings. The fraction of sp³-hybridized carbons (Fsp3) is 0.353. The predicted molar refractivity (Wildman–Crippen MR) is 90.6 cm³/mol. The molecule has 3 rings (SSSR count). The summed E-state index contributed by atoms with van der Waals surface area (Å²) in [5.74, 6) is 0.882. The summed E-state index contributed by atoms with van der Waals surface area (Å²) >= 11 is 6.02. The Kier molecular flexibility index (Phi) is 4.35. The molecule has 0 N–H and O–H groups in total. The van der Waals surface area contributed by atoms with Crippen LogP contribution in [0, 0.1) is 11.3 Å². The average Bonchev–Trinajstić information content (AvgIpc) is 2.80. The van der Waals surface area contributed by atoms with Gasteiger partial charge in [-0.2, -0.15) is 5.26 Å². The van der Waals surface area contributed by atoms with E-state index >= 15 is 0 Å². The monoisotopic (exact) mass is 328 g/mol. The fourth-order valence-electron chi connectivity index (χ4n) is 2.90. The van der Waals surface area contributed by atoms with Gasteiger partial charge in [0.15, 0.2) is 0 Å². The number of rotatable bonds is 1. The van der Waals surface area contributed by atoms with Crippen LogP contribution in [0.1, 0.15) is 18.9 Å². The maximum atomic E-state index is 11.5. The summed E-state index contributed by atoms with van der Waals surface area (Å²) < 4.78 is 0. The molecule has 0 atom stereocenters. The van der Waals surface area contributed by atoms with Crippen LogP contribution in [0.4, 0.5) is 5.82 Å². The standard InChI is InChI=1S/C17H17ClN4O/c1-12(23)21-5-2-6-22(8-7-21)17-9-13(11-19)15-10-14(18)3-4-16(15)20-17/h3-4,9-10H,2,5-8H2,1H3. The van der Waals surface area contributed by atoms with Gasteiger partial charge in [0.2, 0.25) is 5.91 Å². The molecule has 1 aromatic heterocycles. The Morgan fingerprint density at radius 2 is 2.09 bits per heavy atom. The van der Waals surface area contributed by atoms with Crippen LogP contribution in [0.3, 0.4) is 0 Å². The minimum absolute atomic E-state index is 0.102. The number of halogens is 1. The van der Waals surface area contributed by atoms with Gasteiger partial charge in [0.25, 0.3) is 0 Å². The molecule has 5 nitrogen and oxygen atoms in total. The third-order valence-corrected chi connectivity index (χ3v) is 4.38. The molecular weight excluding hydrogens is 312 g/mol. The molecule has 1 aliphatic rings. The van der Waals surface area contributed by atoms with Crippen LogP contribution in [-0.2, 0) is 4.79 Å². The zero-order chi connectivity index (χ0) is 16.4. The Bertz CT molecular complexity index is 799. The van der Waals surface area contributed by atoms with Gasteiger partial charge in [0, 0.05) is 43.5 Å². The molecule has 2 heterocycles. The van der Waals surface area contributed by atoms with E-state index in [2.05, 4.69) is 16.0 Å². The van der Waals surface area contributed by atoms with Crippen molar-refractivity contribution in [2.45, 2.75) is 13.3 Å². The number of benzene rings is 1. The van der Waals surface area contributed by atoms with Gasteiger partial charge >= 0.3 is 0 Å². The summed E-state index contributed by atoms with van der Waals surface area (Å²) in [5, 5.41) is 10.8. The molecule has 0 aliphatic carbocycles. The van der Waals surface area contributed by atoms with Crippen molar-refractivity contribution in [3.63, 3.8) is 0 Å². The minimum atomic E-state index is 0.102. The zero-order valence-corrected chi connectivity index (χ0v) is 13.7. The van der Waals surface area contributed by atoms with Crippen LogP contribution >= 0.6 is 11.6 Å². The molecule has 1 saturated heterocycles. The minimum Gasteiger partial charge on any atom is -0.355 e. The van der Waals surface area contributed by atoms with Crippen molar-refractivity contribution in [2.75, 3.05) is 31.1 Å². The Balaban J connectivity index is 1.95. The van der Waals surface area contributed by atoms with Gasteiger partial charge in [-0.25, -0.2) is 4.98 Å².